The Morgan fingerprint density at radius 1 is 1.40 bits per heavy atom. The van der Waals surface area contributed by atoms with E-state index in [2.05, 4.69) is 31.0 Å². The molecule has 0 amide bonds. The summed E-state index contributed by atoms with van der Waals surface area (Å²) in [5, 5.41) is 7.65. The van der Waals surface area contributed by atoms with Gasteiger partial charge in [0.05, 0.1) is 11.2 Å². The minimum Gasteiger partial charge on any atom is -0.253 e. The van der Waals surface area contributed by atoms with Crippen molar-refractivity contribution in [3.63, 3.8) is 0 Å². The molecule has 0 bridgehead atoms. The van der Waals surface area contributed by atoms with Gasteiger partial charge in [-0.1, -0.05) is 32.7 Å². The number of rotatable bonds is 6. The van der Waals surface area contributed by atoms with E-state index in [1.165, 1.54) is 6.07 Å². The molecule has 1 aromatic carbocycles. The van der Waals surface area contributed by atoms with Crippen molar-refractivity contribution in [2.24, 2.45) is 0 Å². The van der Waals surface area contributed by atoms with Gasteiger partial charge in [0.1, 0.15) is 4.90 Å². The molecule has 1 N–H and O–H groups in total. The van der Waals surface area contributed by atoms with E-state index in [1.54, 1.807) is 29.2 Å². The van der Waals surface area contributed by atoms with Crippen molar-refractivity contribution in [2.75, 3.05) is 6.54 Å². The Bertz CT molecular complexity index is 676. The Labute approximate surface area is 130 Å². The van der Waals surface area contributed by atoms with Gasteiger partial charge in [-0.15, -0.1) is 5.10 Å². The van der Waals surface area contributed by atoms with Gasteiger partial charge in [-0.3, -0.25) is 4.68 Å². The van der Waals surface area contributed by atoms with Crippen LogP contribution in [0.1, 0.15) is 6.42 Å². The van der Waals surface area contributed by atoms with Crippen LogP contribution in [0.5, 0.6) is 0 Å². The highest BCUT2D eigenvalue weighted by atomic mass is 79.9. The van der Waals surface area contributed by atoms with Gasteiger partial charge >= 0.3 is 0 Å². The lowest BCUT2D eigenvalue weighted by molar-refractivity contribution is 0.542. The maximum Gasteiger partial charge on any atom is 0.242 e. The topological polar surface area (TPSA) is 76.9 Å². The van der Waals surface area contributed by atoms with Crippen molar-refractivity contribution in [3.05, 3.63) is 40.1 Å². The van der Waals surface area contributed by atoms with Crippen molar-refractivity contribution in [1.82, 2.24) is 19.7 Å². The van der Waals surface area contributed by atoms with Gasteiger partial charge in [-0.25, -0.2) is 13.1 Å². The summed E-state index contributed by atoms with van der Waals surface area (Å²) in [6.45, 7) is 0.894. The van der Waals surface area contributed by atoms with Crippen molar-refractivity contribution in [1.29, 1.82) is 0 Å². The number of sulfonamides is 1. The van der Waals surface area contributed by atoms with Crippen molar-refractivity contribution < 1.29 is 8.42 Å². The van der Waals surface area contributed by atoms with E-state index in [4.69, 9.17) is 11.6 Å². The van der Waals surface area contributed by atoms with Crippen LogP contribution < -0.4 is 4.72 Å². The molecule has 0 atom stereocenters. The Morgan fingerprint density at radius 2 is 2.20 bits per heavy atom. The maximum atomic E-state index is 12.1. The molecule has 20 heavy (non-hydrogen) atoms. The molecule has 0 radical (unpaired) electrons. The zero-order valence-electron chi connectivity index (χ0n) is 10.3. The molecule has 2 aromatic rings. The van der Waals surface area contributed by atoms with Gasteiger partial charge in [-0.05, 0) is 24.6 Å². The Morgan fingerprint density at radius 3 is 2.85 bits per heavy atom. The highest BCUT2D eigenvalue weighted by Gasteiger charge is 2.17. The second-order valence-electron chi connectivity index (χ2n) is 3.99. The number of hydrogen-bond donors (Lipinski definition) is 1. The van der Waals surface area contributed by atoms with Crippen LogP contribution in [-0.4, -0.2) is 30.0 Å². The second kappa shape index (κ2) is 6.66. The minimum absolute atomic E-state index is 0.0723. The van der Waals surface area contributed by atoms with Gasteiger partial charge in [0.25, 0.3) is 0 Å². The molecule has 0 fully saturated rings. The molecule has 0 aliphatic carbocycles. The molecular weight excluding hydrogens is 368 g/mol. The van der Waals surface area contributed by atoms with Gasteiger partial charge < -0.3 is 0 Å². The second-order valence-corrected chi connectivity index (χ2v) is 7.05. The molecule has 108 valence electrons. The monoisotopic (exact) mass is 378 g/mol. The van der Waals surface area contributed by atoms with Crippen LogP contribution in [0, 0.1) is 0 Å². The Kier molecular flexibility index (Phi) is 5.14. The molecular formula is C11H12BrClN4O2S. The highest BCUT2D eigenvalue weighted by Crippen LogP contribution is 2.24. The number of nitrogens with zero attached hydrogens (tertiary/aromatic N) is 3. The first-order chi connectivity index (χ1) is 9.49. The number of benzene rings is 1. The average Bonchev–Trinajstić information content (AvgIpc) is 2.87. The molecule has 0 saturated carbocycles. The van der Waals surface area contributed by atoms with E-state index in [0.29, 0.717) is 19.5 Å². The predicted molar refractivity (Wildman–Crippen MR) is 79.0 cm³/mol. The lowest BCUT2D eigenvalue weighted by atomic mass is 10.4. The van der Waals surface area contributed by atoms with Crippen LogP contribution in [-0.2, 0) is 16.6 Å². The van der Waals surface area contributed by atoms with Crippen molar-refractivity contribution in [2.45, 2.75) is 17.9 Å². The van der Waals surface area contributed by atoms with E-state index in [9.17, 15) is 8.42 Å². The molecule has 0 saturated heterocycles. The zero-order valence-corrected chi connectivity index (χ0v) is 13.5. The van der Waals surface area contributed by atoms with Crippen molar-refractivity contribution in [3.8, 4) is 0 Å². The Balaban J connectivity index is 1.93. The van der Waals surface area contributed by atoms with Gasteiger partial charge in [-0.2, -0.15) is 0 Å². The first kappa shape index (κ1) is 15.4. The normalized spacial score (nSPS) is 11.7. The predicted octanol–water partition coefficient (Wildman–Crippen LogP) is 2.06. The van der Waals surface area contributed by atoms with E-state index in [0.717, 1.165) is 4.47 Å². The molecule has 0 aliphatic heterocycles. The van der Waals surface area contributed by atoms with E-state index >= 15 is 0 Å². The fourth-order valence-electron chi connectivity index (χ4n) is 1.57. The first-order valence-electron chi connectivity index (χ1n) is 5.78. The summed E-state index contributed by atoms with van der Waals surface area (Å²) >= 11 is 9.17. The number of aromatic nitrogens is 3. The summed E-state index contributed by atoms with van der Waals surface area (Å²) in [6, 6.07) is 4.65. The molecule has 2 rings (SSSR count). The third-order valence-electron chi connectivity index (χ3n) is 2.51. The summed E-state index contributed by atoms with van der Waals surface area (Å²) in [5.41, 5.74) is 0. The summed E-state index contributed by atoms with van der Waals surface area (Å²) in [7, 11) is -3.60. The molecule has 0 aliphatic rings. The van der Waals surface area contributed by atoms with Crippen LogP contribution in [0.4, 0.5) is 0 Å². The third-order valence-corrected chi connectivity index (χ3v) is 4.95. The average molecular weight is 380 g/mol. The molecule has 6 nitrogen and oxygen atoms in total. The van der Waals surface area contributed by atoms with Crippen LogP contribution >= 0.6 is 27.5 Å². The SMILES string of the molecule is O=S(=O)(NCCCn1ccnn1)c1ccc(Br)cc1Cl. The molecule has 9 heteroatoms. The van der Waals surface area contributed by atoms with E-state index in [-0.39, 0.29) is 9.92 Å². The van der Waals surface area contributed by atoms with E-state index in [1.807, 2.05) is 0 Å². The largest absolute Gasteiger partial charge is 0.253 e. The van der Waals surface area contributed by atoms with Crippen LogP contribution in [0.15, 0.2) is 40.0 Å². The summed E-state index contributed by atoms with van der Waals surface area (Å²) in [4.78, 5) is 0.0723. The Hall–Kier alpha value is -0.960. The minimum atomic E-state index is -3.60. The van der Waals surface area contributed by atoms with E-state index < -0.39 is 10.0 Å². The fraction of sp³-hybridized carbons (Fsp3) is 0.273. The third kappa shape index (κ3) is 4.02. The molecule has 0 spiro atoms. The summed E-state index contributed by atoms with van der Waals surface area (Å²) < 4.78 is 29.0. The summed E-state index contributed by atoms with van der Waals surface area (Å²) in [5.74, 6) is 0. The van der Waals surface area contributed by atoms with Crippen molar-refractivity contribution >= 4 is 37.6 Å². The first-order valence-corrected chi connectivity index (χ1v) is 8.43. The summed E-state index contributed by atoms with van der Waals surface area (Å²) in [6.07, 6.45) is 3.91. The quantitative estimate of drug-likeness (QED) is 0.779. The lowest BCUT2D eigenvalue weighted by Gasteiger charge is -2.08. The number of halogens is 2. The maximum absolute atomic E-state index is 12.1. The zero-order chi connectivity index (χ0) is 14.6. The standard InChI is InChI=1S/C11H12BrClN4O2S/c12-9-2-3-11(10(13)8-9)20(18,19)15-4-1-6-17-7-5-14-16-17/h2-3,5,7-8,15H,1,4,6H2. The number of aryl methyl sites for hydroxylation is 1. The molecule has 0 unspecified atom stereocenters. The van der Waals surface area contributed by atoms with Crippen LogP contribution in [0.2, 0.25) is 5.02 Å². The van der Waals surface area contributed by atoms with Gasteiger partial charge in [0.15, 0.2) is 0 Å². The van der Waals surface area contributed by atoms with Gasteiger partial charge in [0, 0.05) is 23.8 Å². The molecule has 1 aromatic heterocycles. The fourth-order valence-corrected chi connectivity index (χ4v) is 3.68. The number of hydrogen-bond acceptors (Lipinski definition) is 4. The van der Waals surface area contributed by atoms with Crippen LogP contribution in [0.25, 0.3) is 0 Å². The smallest absolute Gasteiger partial charge is 0.242 e. The highest BCUT2D eigenvalue weighted by molar-refractivity contribution is 9.10. The molecule has 1 heterocycles. The lowest BCUT2D eigenvalue weighted by Crippen LogP contribution is -2.26. The van der Waals surface area contributed by atoms with Gasteiger partial charge in [0.2, 0.25) is 10.0 Å². The van der Waals surface area contributed by atoms with Crippen LogP contribution in [0.3, 0.4) is 0 Å². The number of nitrogens with one attached hydrogen (secondary N) is 1.